The summed E-state index contributed by atoms with van der Waals surface area (Å²) in [7, 11) is 1.26. The zero-order valence-corrected chi connectivity index (χ0v) is 10.1. The highest BCUT2D eigenvalue weighted by molar-refractivity contribution is 5.77. The molecule has 19 heavy (non-hydrogen) atoms. The number of hydrogen-bond donors (Lipinski definition) is 4. The van der Waals surface area contributed by atoms with Crippen LogP contribution in [0, 0.1) is 0 Å². The lowest BCUT2D eigenvalue weighted by Crippen LogP contribution is -2.22. The van der Waals surface area contributed by atoms with Gasteiger partial charge >= 0.3 is 5.97 Å². The fourth-order valence-electron chi connectivity index (χ4n) is 1.60. The van der Waals surface area contributed by atoms with Crippen LogP contribution in [0.3, 0.4) is 0 Å². The van der Waals surface area contributed by atoms with Crippen molar-refractivity contribution in [1.29, 1.82) is 0 Å². The minimum Gasteiger partial charge on any atom is -0.504 e. The predicted octanol–water partition coefficient (Wildman–Crippen LogP) is 0.0823. The molecule has 7 heteroatoms. The molecule has 2 atom stereocenters. The molecular formula is C12H14O7. The number of carbonyl (C=O) groups excluding carboxylic acids is 1. The second kappa shape index (κ2) is 6.17. The highest BCUT2D eigenvalue weighted by Gasteiger charge is 2.25. The lowest BCUT2D eigenvalue weighted by molar-refractivity contribution is -0.141. The van der Waals surface area contributed by atoms with Crippen molar-refractivity contribution in [1.82, 2.24) is 0 Å². The fraction of sp³-hybridized carbons (Fsp3) is 0.333. The summed E-state index contributed by atoms with van der Waals surface area (Å²) in [5, 5.41) is 37.7. The lowest BCUT2D eigenvalue weighted by atomic mass is 9.98. The van der Waals surface area contributed by atoms with Crippen molar-refractivity contribution in [3.63, 3.8) is 0 Å². The largest absolute Gasteiger partial charge is 0.504 e. The molecule has 0 aliphatic heterocycles. The van der Waals surface area contributed by atoms with Gasteiger partial charge in [0.25, 0.3) is 0 Å². The highest BCUT2D eigenvalue weighted by Crippen LogP contribution is 2.36. The third kappa shape index (κ3) is 3.43. The molecule has 0 saturated carbocycles. The molecule has 0 spiro atoms. The summed E-state index contributed by atoms with van der Waals surface area (Å²) in [6.45, 7) is 0. The molecule has 104 valence electrons. The van der Waals surface area contributed by atoms with E-state index in [1.54, 1.807) is 0 Å². The van der Waals surface area contributed by atoms with Crippen LogP contribution in [0.15, 0.2) is 12.1 Å². The third-order valence-electron chi connectivity index (χ3n) is 2.55. The van der Waals surface area contributed by atoms with Crippen molar-refractivity contribution in [3.05, 3.63) is 23.3 Å². The number of phenolic OH excluding ortho intramolecular Hbond substituents is 1. The highest BCUT2D eigenvalue weighted by atomic mass is 16.5. The van der Waals surface area contributed by atoms with Crippen LogP contribution in [-0.2, 0) is 4.79 Å². The van der Waals surface area contributed by atoms with Crippen LogP contribution in [0.1, 0.15) is 28.4 Å². The number of benzene rings is 1. The Bertz CT molecular complexity index is 483. The van der Waals surface area contributed by atoms with E-state index in [-0.39, 0.29) is 16.9 Å². The monoisotopic (exact) mass is 270 g/mol. The Hall–Kier alpha value is -2.12. The van der Waals surface area contributed by atoms with E-state index in [0.29, 0.717) is 6.29 Å². The second-order valence-electron chi connectivity index (χ2n) is 3.89. The Morgan fingerprint density at radius 1 is 1.42 bits per heavy atom. The first-order valence-corrected chi connectivity index (χ1v) is 5.34. The van der Waals surface area contributed by atoms with Gasteiger partial charge in [-0.1, -0.05) is 0 Å². The van der Waals surface area contributed by atoms with Crippen molar-refractivity contribution < 1.29 is 34.8 Å². The first kappa shape index (κ1) is 14.9. The van der Waals surface area contributed by atoms with Crippen molar-refractivity contribution in [2.24, 2.45) is 0 Å². The molecule has 0 aromatic heterocycles. The van der Waals surface area contributed by atoms with Crippen LogP contribution >= 0.6 is 0 Å². The Balaban J connectivity index is 3.17. The van der Waals surface area contributed by atoms with E-state index in [9.17, 15) is 24.9 Å². The molecule has 1 aromatic rings. The zero-order valence-electron chi connectivity index (χ0n) is 10.1. The number of carboxylic acid groups (broad SMARTS) is 1. The number of rotatable bonds is 6. The normalized spacial score (nSPS) is 13.6. The Kier molecular flexibility index (Phi) is 4.85. The minimum absolute atomic E-state index is 0.0545. The quantitative estimate of drug-likeness (QED) is 0.539. The predicted molar refractivity (Wildman–Crippen MR) is 63.3 cm³/mol. The summed E-state index contributed by atoms with van der Waals surface area (Å²) in [6, 6.07) is 2.41. The molecule has 1 aromatic carbocycles. The van der Waals surface area contributed by atoms with E-state index in [2.05, 4.69) is 0 Å². The maximum atomic E-state index is 10.7. The van der Waals surface area contributed by atoms with Gasteiger partial charge in [0.1, 0.15) is 12.4 Å². The number of phenols is 1. The Labute approximate surface area is 108 Å². The number of aliphatic hydroxyl groups excluding tert-OH is 2. The molecule has 0 aliphatic rings. The van der Waals surface area contributed by atoms with Gasteiger partial charge in [-0.2, -0.15) is 0 Å². The van der Waals surface area contributed by atoms with Crippen molar-refractivity contribution in [2.45, 2.75) is 18.6 Å². The number of aromatic hydroxyl groups is 1. The summed E-state index contributed by atoms with van der Waals surface area (Å²) in [4.78, 5) is 21.2. The van der Waals surface area contributed by atoms with Crippen LogP contribution in [0.2, 0.25) is 0 Å². The second-order valence-corrected chi connectivity index (χ2v) is 3.89. The summed E-state index contributed by atoms with van der Waals surface area (Å²) < 4.78 is 4.82. The number of hydrogen-bond acceptors (Lipinski definition) is 6. The maximum absolute atomic E-state index is 10.7. The van der Waals surface area contributed by atoms with Gasteiger partial charge in [-0.25, -0.2) is 0 Å². The summed E-state index contributed by atoms with van der Waals surface area (Å²) >= 11 is 0. The smallest absolute Gasteiger partial charge is 0.306 e. The molecule has 0 aliphatic carbocycles. The van der Waals surface area contributed by atoms with Crippen LogP contribution in [-0.4, -0.2) is 45.9 Å². The molecular weight excluding hydrogens is 256 g/mol. The Morgan fingerprint density at radius 2 is 2.05 bits per heavy atom. The van der Waals surface area contributed by atoms with E-state index in [1.165, 1.54) is 13.2 Å². The third-order valence-corrected chi connectivity index (χ3v) is 2.55. The van der Waals surface area contributed by atoms with Gasteiger partial charge in [-0.05, 0) is 12.1 Å². The number of aldehydes is 1. The Morgan fingerprint density at radius 3 is 2.53 bits per heavy atom. The molecule has 0 fully saturated rings. The van der Waals surface area contributed by atoms with Gasteiger partial charge < -0.3 is 25.2 Å². The van der Waals surface area contributed by atoms with Gasteiger partial charge in [0, 0.05) is 11.1 Å². The summed E-state index contributed by atoms with van der Waals surface area (Å²) in [5.74, 6) is -1.81. The number of aliphatic carboxylic acids is 1. The van der Waals surface area contributed by atoms with Crippen molar-refractivity contribution in [3.8, 4) is 11.5 Å². The van der Waals surface area contributed by atoms with Crippen molar-refractivity contribution >= 4 is 12.3 Å². The van der Waals surface area contributed by atoms with Gasteiger partial charge in [0.15, 0.2) is 11.5 Å². The number of ether oxygens (including phenoxy) is 1. The molecule has 4 N–H and O–H groups in total. The van der Waals surface area contributed by atoms with Crippen LogP contribution in [0.5, 0.6) is 11.5 Å². The number of carbonyl (C=O) groups is 2. The molecule has 0 heterocycles. The SMILES string of the molecule is COc1cc(C=O)cc(C(O)C(O)CC(=O)O)c1O. The van der Waals surface area contributed by atoms with E-state index in [0.717, 1.165) is 6.07 Å². The molecule has 2 unspecified atom stereocenters. The molecule has 0 radical (unpaired) electrons. The van der Waals surface area contributed by atoms with E-state index < -0.39 is 30.3 Å². The molecule has 0 saturated heterocycles. The fourth-order valence-corrected chi connectivity index (χ4v) is 1.60. The number of aliphatic hydroxyl groups is 2. The van der Waals surface area contributed by atoms with Crippen molar-refractivity contribution in [2.75, 3.05) is 7.11 Å². The molecule has 0 amide bonds. The standard InChI is InChI=1S/C12H14O7/c1-19-9-3-6(5-13)2-7(12(9)18)11(17)8(14)4-10(15)16/h2-3,5,8,11,14,17-18H,4H2,1H3,(H,15,16). The summed E-state index contributed by atoms with van der Waals surface area (Å²) in [6.07, 6.45) is -3.49. The molecule has 0 bridgehead atoms. The van der Waals surface area contributed by atoms with Crippen LogP contribution in [0.25, 0.3) is 0 Å². The van der Waals surface area contributed by atoms with E-state index >= 15 is 0 Å². The topological polar surface area (TPSA) is 124 Å². The summed E-state index contributed by atoms with van der Waals surface area (Å²) in [5.41, 5.74) is -0.0542. The number of methoxy groups -OCH3 is 1. The van der Waals surface area contributed by atoms with Gasteiger partial charge in [0.05, 0.1) is 19.6 Å². The zero-order chi connectivity index (χ0) is 14.6. The maximum Gasteiger partial charge on any atom is 0.306 e. The minimum atomic E-state index is -1.65. The lowest BCUT2D eigenvalue weighted by Gasteiger charge is -2.19. The first-order chi connectivity index (χ1) is 8.90. The van der Waals surface area contributed by atoms with Crippen LogP contribution in [0.4, 0.5) is 0 Å². The van der Waals surface area contributed by atoms with Gasteiger partial charge in [-0.15, -0.1) is 0 Å². The van der Waals surface area contributed by atoms with Gasteiger partial charge in [-0.3, -0.25) is 9.59 Å². The number of carboxylic acids is 1. The molecule has 1 rings (SSSR count). The average Bonchev–Trinajstić information content (AvgIpc) is 2.37. The average molecular weight is 270 g/mol. The van der Waals surface area contributed by atoms with Gasteiger partial charge in [0.2, 0.25) is 0 Å². The first-order valence-electron chi connectivity index (χ1n) is 5.34. The molecule has 7 nitrogen and oxygen atoms in total. The van der Waals surface area contributed by atoms with Crippen LogP contribution < -0.4 is 4.74 Å². The van der Waals surface area contributed by atoms with E-state index in [1.807, 2.05) is 0 Å². The van der Waals surface area contributed by atoms with E-state index in [4.69, 9.17) is 9.84 Å².